The summed E-state index contributed by atoms with van der Waals surface area (Å²) in [7, 11) is 0. The summed E-state index contributed by atoms with van der Waals surface area (Å²) in [4.78, 5) is 11.4. The summed E-state index contributed by atoms with van der Waals surface area (Å²) in [5, 5.41) is 2.33. The van der Waals surface area contributed by atoms with Crippen LogP contribution in [0.1, 0.15) is 25.5 Å². The molecule has 2 nitrogen and oxygen atoms in total. The summed E-state index contributed by atoms with van der Waals surface area (Å²) in [6, 6.07) is 7.79. The van der Waals surface area contributed by atoms with Crippen LogP contribution in [-0.4, -0.2) is 11.3 Å². The molecule has 0 saturated heterocycles. The van der Waals surface area contributed by atoms with E-state index in [1.54, 1.807) is 6.92 Å². The second-order valence-corrected chi connectivity index (χ2v) is 4.97. The van der Waals surface area contributed by atoms with Crippen molar-refractivity contribution in [1.29, 1.82) is 0 Å². The highest BCUT2D eigenvalue weighted by Gasteiger charge is 2.13. The van der Waals surface area contributed by atoms with Crippen molar-refractivity contribution >= 4 is 33.4 Å². The zero-order valence-electron chi connectivity index (χ0n) is 8.63. The zero-order valence-corrected chi connectivity index (χ0v) is 11.0. The molecule has 1 aromatic rings. The monoisotopic (exact) mass is 289 g/mol. The maximum Gasteiger partial charge on any atom is 0.238 e. The van der Waals surface area contributed by atoms with E-state index in [0.717, 1.165) is 10.0 Å². The molecule has 0 aliphatic carbocycles. The van der Waals surface area contributed by atoms with Crippen molar-refractivity contribution in [3.8, 4) is 0 Å². The number of hydrogen-bond donors (Lipinski definition) is 1. The Labute approximate surface area is 103 Å². The third-order valence-electron chi connectivity index (χ3n) is 2.07. The molecule has 0 saturated carbocycles. The number of alkyl halides is 1. The largest absolute Gasteiger partial charge is 0.348 e. The van der Waals surface area contributed by atoms with Gasteiger partial charge in [-0.05, 0) is 31.5 Å². The van der Waals surface area contributed by atoms with Crippen LogP contribution < -0.4 is 5.32 Å². The lowest BCUT2D eigenvalue weighted by Gasteiger charge is -2.15. The quantitative estimate of drug-likeness (QED) is 0.851. The summed E-state index contributed by atoms with van der Waals surface area (Å²) >= 11 is 9.06. The fourth-order valence-corrected chi connectivity index (χ4v) is 1.67. The van der Waals surface area contributed by atoms with Gasteiger partial charge in [0.2, 0.25) is 5.91 Å². The van der Waals surface area contributed by atoms with Gasteiger partial charge in [-0.3, -0.25) is 4.79 Å². The second kappa shape index (κ2) is 5.52. The third kappa shape index (κ3) is 3.84. The van der Waals surface area contributed by atoms with Gasteiger partial charge in [0, 0.05) is 4.47 Å². The molecule has 0 spiro atoms. The Morgan fingerprint density at radius 1 is 1.47 bits per heavy atom. The highest BCUT2D eigenvalue weighted by atomic mass is 79.9. The van der Waals surface area contributed by atoms with Crippen LogP contribution in [0.5, 0.6) is 0 Å². The summed E-state index contributed by atoms with van der Waals surface area (Å²) in [5.74, 6) is -0.149. The number of nitrogens with one attached hydrogen (secondary N) is 1. The molecule has 1 unspecified atom stereocenters. The van der Waals surface area contributed by atoms with Crippen molar-refractivity contribution in [2.45, 2.75) is 25.3 Å². The van der Waals surface area contributed by atoms with Crippen molar-refractivity contribution in [3.05, 3.63) is 34.3 Å². The number of carbonyl (C=O) groups is 1. The minimum Gasteiger partial charge on any atom is -0.348 e. The van der Waals surface area contributed by atoms with Crippen LogP contribution in [0.4, 0.5) is 0 Å². The smallest absolute Gasteiger partial charge is 0.238 e. The molecule has 0 radical (unpaired) electrons. The maximum atomic E-state index is 11.4. The molecule has 1 rings (SSSR count). The Morgan fingerprint density at radius 2 is 2.13 bits per heavy atom. The van der Waals surface area contributed by atoms with Crippen molar-refractivity contribution in [1.82, 2.24) is 5.32 Å². The van der Waals surface area contributed by atoms with E-state index in [1.807, 2.05) is 31.2 Å². The van der Waals surface area contributed by atoms with Gasteiger partial charge in [0.05, 0.1) is 6.04 Å². The van der Waals surface area contributed by atoms with Crippen molar-refractivity contribution in [2.24, 2.45) is 0 Å². The Bertz CT molecular complexity index is 354. The molecule has 4 heteroatoms. The number of amides is 1. The average molecular weight is 291 g/mol. The molecular weight excluding hydrogens is 277 g/mol. The number of rotatable bonds is 3. The van der Waals surface area contributed by atoms with Gasteiger partial charge in [0.25, 0.3) is 0 Å². The van der Waals surface area contributed by atoms with E-state index >= 15 is 0 Å². The number of halogens is 2. The molecule has 1 N–H and O–H groups in total. The Morgan fingerprint density at radius 3 is 2.67 bits per heavy atom. The summed E-state index contributed by atoms with van der Waals surface area (Å²) < 4.78 is 1.00. The third-order valence-corrected chi connectivity index (χ3v) is 2.76. The van der Waals surface area contributed by atoms with Crippen LogP contribution >= 0.6 is 27.5 Å². The lowest BCUT2D eigenvalue weighted by atomic mass is 10.1. The SMILES string of the molecule is CC(Cl)C(=O)N[C@@H](C)c1cccc(Br)c1. The Kier molecular flexibility index (Phi) is 4.61. The predicted molar refractivity (Wildman–Crippen MR) is 66.0 cm³/mol. The fraction of sp³-hybridized carbons (Fsp3) is 0.364. The van der Waals surface area contributed by atoms with Crippen molar-refractivity contribution in [2.75, 3.05) is 0 Å². The highest BCUT2D eigenvalue weighted by molar-refractivity contribution is 9.10. The first kappa shape index (κ1) is 12.5. The van der Waals surface area contributed by atoms with Crippen LogP contribution in [0.15, 0.2) is 28.7 Å². The van der Waals surface area contributed by atoms with Crippen LogP contribution in [0.3, 0.4) is 0 Å². The van der Waals surface area contributed by atoms with E-state index < -0.39 is 5.38 Å². The number of benzene rings is 1. The van der Waals surface area contributed by atoms with Crippen LogP contribution in [0, 0.1) is 0 Å². The average Bonchev–Trinajstić information content (AvgIpc) is 2.17. The molecule has 0 aliphatic rings. The van der Waals surface area contributed by atoms with E-state index in [1.165, 1.54) is 0 Å². The highest BCUT2D eigenvalue weighted by Crippen LogP contribution is 2.18. The van der Waals surface area contributed by atoms with E-state index in [2.05, 4.69) is 21.2 Å². The molecule has 1 amide bonds. The lowest BCUT2D eigenvalue weighted by Crippen LogP contribution is -2.31. The molecule has 1 aromatic carbocycles. The van der Waals surface area contributed by atoms with E-state index in [9.17, 15) is 4.79 Å². The van der Waals surface area contributed by atoms with Gasteiger partial charge in [-0.1, -0.05) is 28.1 Å². The molecule has 15 heavy (non-hydrogen) atoms. The molecule has 0 aliphatic heterocycles. The normalized spacial score (nSPS) is 14.4. The van der Waals surface area contributed by atoms with Crippen LogP contribution in [0.25, 0.3) is 0 Å². The molecule has 0 aromatic heterocycles. The molecule has 82 valence electrons. The van der Waals surface area contributed by atoms with Gasteiger partial charge >= 0.3 is 0 Å². The summed E-state index contributed by atoms with van der Waals surface area (Å²) in [6.45, 7) is 3.59. The van der Waals surface area contributed by atoms with E-state index in [-0.39, 0.29) is 11.9 Å². The van der Waals surface area contributed by atoms with Gasteiger partial charge < -0.3 is 5.32 Å². The predicted octanol–water partition coefficient (Wildman–Crippen LogP) is 3.25. The van der Waals surface area contributed by atoms with Gasteiger partial charge in [-0.25, -0.2) is 0 Å². The van der Waals surface area contributed by atoms with Gasteiger partial charge in [0.1, 0.15) is 5.38 Å². The molecule has 0 bridgehead atoms. The Hall–Kier alpha value is -0.540. The first-order valence-electron chi connectivity index (χ1n) is 4.70. The van der Waals surface area contributed by atoms with Crippen molar-refractivity contribution in [3.63, 3.8) is 0 Å². The Balaban J connectivity index is 2.69. The minimum absolute atomic E-state index is 0.0313. The second-order valence-electron chi connectivity index (χ2n) is 3.40. The molecule has 2 atom stereocenters. The molecule has 0 fully saturated rings. The van der Waals surface area contributed by atoms with Gasteiger partial charge in [0.15, 0.2) is 0 Å². The summed E-state index contributed by atoms with van der Waals surface area (Å²) in [6.07, 6.45) is 0. The molecular formula is C11H13BrClNO. The zero-order chi connectivity index (χ0) is 11.4. The maximum absolute atomic E-state index is 11.4. The molecule has 0 heterocycles. The lowest BCUT2D eigenvalue weighted by molar-refractivity contribution is -0.121. The van der Waals surface area contributed by atoms with Crippen molar-refractivity contribution < 1.29 is 4.79 Å². The first-order valence-corrected chi connectivity index (χ1v) is 5.93. The summed E-state index contributed by atoms with van der Waals surface area (Å²) in [5.41, 5.74) is 1.05. The van der Waals surface area contributed by atoms with E-state index in [0.29, 0.717) is 0 Å². The van der Waals surface area contributed by atoms with Crippen LogP contribution in [0.2, 0.25) is 0 Å². The fourth-order valence-electron chi connectivity index (χ4n) is 1.19. The number of carbonyl (C=O) groups excluding carboxylic acids is 1. The van der Waals surface area contributed by atoms with Crippen LogP contribution in [-0.2, 0) is 4.79 Å². The minimum atomic E-state index is -0.500. The number of hydrogen-bond acceptors (Lipinski definition) is 1. The van der Waals surface area contributed by atoms with Gasteiger partial charge in [-0.15, -0.1) is 11.6 Å². The standard InChI is InChI=1S/C11H13BrClNO/c1-7(13)11(15)14-8(2)9-4-3-5-10(12)6-9/h3-8H,1-2H3,(H,14,15)/t7?,8-/m0/s1. The first-order chi connectivity index (χ1) is 7.00. The van der Waals surface area contributed by atoms with Gasteiger partial charge in [-0.2, -0.15) is 0 Å². The topological polar surface area (TPSA) is 29.1 Å². The van der Waals surface area contributed by atoms with E-state index in [4.69, 9.17) is 11.6 Å².